The van der Waals surface area contributed by atoms with Crippen LogP contribution in [0.15, 0.2) is 0 Å². The zero-order valence-electron chi connectivity index (χ0n) is 10.3. The second-order valence-corrected chi connectivity index (χ2v) is 5.70. The molecule has 4 heteroatoms. The molecule has 4 atom stereocenters. The Balaban J connectivity index is 1.62. The zero-order chi connectivity index (χ0) is 11.7. The van der Waals surface area contributed by atoms with Crippen molar-refractivity contribution < 1.29 is 19.3 Å². The van der Waals surface area contributed by atoms with Crippen molar-refractivity contribution in [3.8, 4) is 0 Å². The average Bonchev–Trinajstić information content (AvgIpc) is 3.00. The van der Waals surface area contributed by atoms with Gasteiger partial charge in [0, 0.05) is 32.2 Å². The molecule has 17 heavy (non-hydrogen) atoms. The SMILES string of the molecule is OC(C1CCOC1)C1CCOC2(CCOC2)C1. The Morgan fingerprint density at radius 2 is 1.94 bits per heavy atom. The molecule has 0 amide bonds. The molecule has 0 aliphatic carbocycles. The van der Waals surface area contributed by atoms with E-state index in [2.05, 4.69) is 0 Å². The van der Waals surface area contributed by atoms with Crippen molar-refractivity contribution in [1.82, 2.24) is 0 Å². The summed E-state index contributed by atoms with van der Waals surface area (Å²) < 4.78 is 16.7. The maximum absolute atomic E-state index is 10.4. The fourth-order valence-corrected chi connectivity index (χ4v) is 3.43. The Morgan fingerprint density at radius 3 is 2.65 bits per heavy atom. The van der Waals surface area contributed by atoms with Crippen LogP contribution in [0.4, 0.5) is 0 Å². The summed E-state index contributed by atoms with van der Waals surface area (Å²) in [5, 5.41) is 10.4. The summed E-state index contributed by atoms with van der Waals surface area (Å²) in [6.45, 7) is 3.80. The molecule has 4 unspecified atom stereocenters. The zero-order valence-corrected chi connectivity index (χ0v) is 10.3. The maximum Gasteiger partial charge on any atom is 0.0940 e. The molecule has 3 fully saturated rings. The topological polar surface area (TPSA) is 47.9 Å². The summed E-state index contributed by atoms with van der Waals surface area (Å²) in [5.41, 5.74) is -0.0939. The molecule has 0 aromatic heterocycles. The summed E-state index contributed by atoms with van der Waals surface area (Å²) >= 11 is 0. The lowest BCUT2D eigenvalue weighted by molar-refractivity contribution is -0.123. The normalized spacial score (nSPS) is 44.3. The molecular weight excluding hydrogens is 220 g/mol. The number of hydrogen-bond acceptors (Lipinski definition) is 4. The minimum atomic E-state index is -0.223. The highest BCUT2D eigenvalue weighted by Crippen LogP contribution is 2.39. The molecule has 0 bridgehead atoms. The van der Waals surface area contributed by atoms with Crippen LogP contribution >= 0.6 is 0 Å². The minimum Gasteiger partial charge on any atom is -0.392 e. The van der Waals surface area contributed by atoms with Crippen molar-refractivity contribution in [1.29, 1.82) is 0 Å². The molecule has 0 saturated carbocycles. The monoisotopic (exact) mass is 242 g/mol. The number of aliphatic hydroxyl groups excluding tert-OH is 1. The fraction of sp³-hybridized carbons (Fsp3) is 1.00. The third-order valence-corrected chi connectivity index (χ3v) is 4.53. The van der Waals surface area contributed by atoms with E-state index < -0.39 is 0 Å². The average molecular weight is 242 g/mol. The van der Waals surface area contributed by atoms with E-state index in [9.17, 15) is 5.11 Å². The van der Waals surface area contributed by atoms with Crippen molar-refractivity contribution in [3.05, 3.63) is 0 Å². The quantitative estimate of drug-likeness (QED) is 0.784. The Kier molecular flexibility index (Phi) is 3.39. The Morgan fingerprint density at radius 1 is 1.06 bits per heavy atom. The molecule has 1 N–H and O–H groups in total. The molecular formula is C13H22O4. The lowest BCUT2D eigenvalue weighted by Crippen LogP contribution is -2.45. The van der Waals surface area contributed by atoms with Gasteiger partial charge >= 0.3 is 0 Å². The summed E-state index contributed by atoms with van der Waals surface area (Å²) in [5.74, 6) is 0.689. The summed E-state index contributed by atoms with van der Waals surface area (Å²) in [6.07, 6.45) is 3.68. The number of rotatable bonds is 2. The summed E-state index contributed by atoms with van der Waals surface area (Å²) in [6, 6.07) is 0. The van der Waals surface area contributed by atoms with Crippen LogP contribution < -0.4 is 0 Å². The first-order chi connectivity index (χ1) is 8.29. The van der Waals surface area contributed by atoms with Gasteiger partial charge in [0.1, 0.15) is 0 Å². The van der Waals surface area contributed by atoms with Gasteiger partial charge < -0.3 is 19.3 Å². The van der Waals surface area contributed by atoms with Crippen LogP contribution in [0.1, 0.15) is 25.7 Å². The van der Waals surface area contributed by atoms with Gasteiger partial charge in [-0.1, -0.05) is 0 Å². The highest BCUT2D eigenvalue weighted by atomic mass is 16.6. The second-order valence-electron chi connectivity index (χ2n) is 5.70. The molecule has 1 spiro atoms. The smallest absolute Gasteiger partial charge is 0.0940 e. The summed E-state index contributed by atoms with van der Waals surface area (Å²) in [4.78, 5) is 0. The molecule has 3 aliphatic heterocycles. The highest BCUT2D eigenvalue weighted by molar-refractivity contribution is 4.93. The van der Waals surface area contributed by atoms with Crippen LogP contribution in [0.2, 0.25) is 0 Å². The predicted molar refractivity (Wildman–Crippen MR) is 61.8 cm³/mol. The van der Waals surface area contributed by atoms with Crippen molar-refractivity contribution in [2.75, 3.05) is 33.0 Å². The van der Waals surface area contributed by atoms with E-state index in [1.165, 1.54) is 0 Å². The predicted octanol–water partition coefficient (Wildman–Crippen LogP) is 0.969. The van der Waals surface area contributed by atoms with Gasteiger partial charge in [0.25, 0.3) is 0 Å². The van der Waals surface area contributed by atoms with E-state index in [0.29, 0.717) is 18.4 Å². The van der Waals surface area contributed by atoms with Crippen LogP contribution in [0.5, 0.6) is 0 Å². The number of hydrogen-bond donors (Lipinski definition) is 1. The first-order valence-electron chi connectivity index (χ1n) is 6.77. The third kappa shape index (κ3) is 2.36. The molecule has 3 heterocycles. The van der Waals surface area contributed by atoms with Crippen LogP contribution in [-0.2, 0) is 14.2 Å². The molecule has 98 valence electrons. The largest absolute Gasteiger partial charge is 0.392 e. The van der Waals surface area contributed by atoms with Gasteiger partial charge in [-0.2, -0.15) is 0 Å². The molecule has 3 aliphatic rings. The molecule has 3 rings (SSSR count). The van der Waals surface area contributed by atoms with E-state index in [-0.39, 0.29) is 11.7 Å². The van der Waals surface area contributed by atoms with Gasteiger partial charge in [-0.3, -0.25) is 0 Å². The Hall–Kier alpha value is -0.160. The lowest BCUT2D eigenvalue weighted by atomic mass is 9.78. The minimum absolute atomic E-state index is 0.0939. The standard InChI is InChI=1S/C13H22O4/c14-12(11-1-4-15-8-11)10-2-5-17-13(7-10)3-6-16-9-13/h10-12,14H,1-9H2. The molecule has 0 aromatic rings. The van der Waals surface area contributed by atoms with Crippen LogP contribution in [0.25, 0.3) is 0 Å². The van der Waals surface area contributed by atoms with Gasteiger partial charge in [-0.05, 0) is 25.2 Å². The van der Waals surface area contributed by atoms with E-state index in [0.717, 1.165) is 52.1 Å². The van der Waals surface area contributed by atoms with Gasteiger partial charge in [0.2, 0.25) is 0 Å². The Bertz CT molecular complexity index is 256. The molecule has 0 radical (unpaired) electrons. The van der Waals surface area contributed by atoms with Crippen molar-refractivity contribution in [2.45, 2.75) is 37.4 Å². The van der Waals surface area contributed by atoms with E-state index in [1.54, 1.807) is 0 Å². The Labute approximate surface area is 102 Å². The van der Waals surface area contributed by atoms with Gasteiger partial charge in [0.15, 0.2) is 0 Å². The first-order valence-corrected chi connectivity index (χ1v) is 6.77. The van der Waals surface area contributed by atoms with E-state index in [1.807, 2.05) is 0 Å². The lowest BCUT2D eigenvalue weighted by Gasteiger charge is -2.40. The van der Waals surface area contributed by atoms with E-state index in [4.69, 9.17) is 14.2 Å². The first kappa shape index (κ1) is 11.9. The van der Waals surface area contributed by atoms with Gasteiger partial charge in [-0.25, -0.2) is 0 Å². The second kappa shape index (κ2) is 4.84. The van der Waals surface area contributed by atoms with Crippen LogP contribution in [0, 0.1) is 11.8 Å². The molecule has 4 nitrogen and oxygen atoms in total. The van der Waals surface area contributed by atoms with Crippen molar-refractivity contribution in [3.63, 3.8) is 0 Å². The molecule has 0 aromatic carbocycles. The summed E-state index contributed by atoms with van der Waals surface area (Å²) in [7, 11) is 0. The fourth-order valence-electron chi connectivity index (χ4n) is 3.43. The van der Waals surface area contributed by atoms with E-state index >= 15 is 0 Å². The van der Waals surface area contributed by atoms with Gasteiger partial charge in [-0.15, -0.1) is 0 Å². The van der Waals surface area contributed by atoms with Gasteiger partial charge in [0.05, 0.1) is 24.9 Å². The number of ether oxygens (including phenoxy) is 3. The van der Waals surface area contributed by atoms with Crippen molar-refractivity contribution in [2.24, 2.45) is 11.8 Å². The van der Waals surface area contributed by atoms with Crippen LogP contribution in [0.3, 0.4) is 0 Å². The molecule has 3 saturated heterocycles. The third-order valence-electron chi connectivity index (χ3n) is 4.53. The number of aliphatic hydroxyl groups is 1. The van der Waals surface area contributed by atoms with Crippen LogP contribution in [-0.4, -0.2) is 49.8 Å². The van der Waals surface area contributed by atoms with Crippen molar-refractivity contribution >= 4 is 0 Å². The highest BCUT2D eigenvalue weighted by Gasteiger charge is 2.44. The maximum atomic E-state index is 10.4.